The van der Waals surface area contributed by atoms with Crippen molar-refractivity contribution in [1.29, 1.82) is 0 Å². The summed E-state index contributed by atoms with van der Waals surface area (Å²) in [6, 6.07) is 28.2. The molecule has 3 aromatic carbocycles. The van der Waals surface area contributed by atoms with Gasteiger partial charge in [0.2, 0.25) is 0 Å². The second kappa shape index (κ2) is 17.9. The van der Waals surface area contributed by atoms with Crippen molar-refractivity contribution < 1.29 is 42.7 Å². The number of rotatable bonds is 17. The summed E-state index contributed by atoms with van der Waals surface area (Å²) < 4.78 is 12.3. The lowest BCUT2D eigenvalue weighted by Gasteiger charge is -2.33. The molecule has 3 rings (SSSR count). The van der Waals surface area contributed by atoms with Crippen molar-refractivity contribution in [3.63, 3.8) is 0 Å². The van der Waals surface area contributed by atoms with Crippen molar-refractivity contribution in [3.05, 3.63) is 96.1 Å². The van der Waals surface area contributed by atoms with E-state index >= 15 is 0 Å². The Morgan fingerprint density at radius 3 is 1.79 bits per heavy atom. The summed E-state index contributed by atoms with van der Waals surface area (Å²) >= 11 is 0. The Labute approximate surface area is 252 Å². The van der Waals surface area contributed by atoms with Crippen LogP contribution in [0, 0.1) is 0 Å². The van der Waals surface area contributed by atoms with Gasteiger partial charge in [-0.25, -0.2) is 0 Å². The normalized spacial score (nSPS) is 11.8. The summed E-state index contributed by atoms with van der Waals surface area (Å²) in [6.45, 7) is 2.05. The Morgan fingerprint density at radius 1 is 0.692 bits per heavy atom. The number of hydrogen-bond acceptors (Lipinski definition) is 3. The highest BCUT2D eigenvalue weighted by Crippen LogP contribution is 2.19. The van der Waals surface area contributed by atoms with Crippen molar-refractivity contribution in [2.75, 3.05) is 34.3 Å². The van der Waals surface area contributed by atoms with Crippen molar-refractivity contribution in [2.24, 2.45) is 0 Å². The van der Waals surface area contributed by atoms with Gasteiger partial charge in [0.15, 0.2) is 6.04 Å². The van der Waals surface area contributed by atoms with Crippen LogP contribution in [0.3, 0.4) is 0 Å². The van der Waals surface area contributed by atoms with Gasteiger partial charge in [-0.2, -0.15) is 0 Å². The van der Waals surface area contributed by atoms with Crippen LogP contribution in [0.2, 0.25) is 0 Å². The molecule has 0 fully saturated rings. The molecule has 0 aliphatic heterocycles. The third-order valence-corrected chi connectivity index (χ3v) is 6.72. The van der Waals surface area contributed by atoms with Crippen LogP contribution >= 0.6 is 0 Å². The molecule has 0 aromatic heterocycles. The van der Waals surface area contributed by atoms with E-state index in [4.69, 9.17) is 9.47 Å². The number of likely N-dealkylation sites (N-methyl/N-ethyl adjacent to an activating group) is 1. The summed E-state index contributed by atoms with van der Waals surface area (Å²) in [7, 11) is 6.27. The maximum atomic E-state index is 12.9. The molecule has 0 spiro atoms. The highest BCUT2D eigenvalue weighted by atomic mass is 127. The Bertz CT molecular complexity index is 1050. The van der Waals surface area contributed by atoms with E-state index in [-0.39, 0.29) is 35.9 Å². The van der Waals surface area contributed by atoms with Gasteiger partial charge in [0.05, 0.1) is 27.7 Å². The van der Waals surface area contributed by atoms with Crippen LogP contribution in [0.4, 0.5) is 0 Å². The minimum atomic E-state index is -0.0876. The number of hydrogen-bond donors (Lipinski definition) is 1. The Balaban J connectivity index is 0.00000533. The number of unbranched alkanes of at least 4 members (excludes halogenated alkanes) is 5. The standard InChI is InChI=1S/C33H44N2O3.HI/c1-35(2,3)32(26-28-16-10-8-11-17-28)33(36)34-24-14-6-4-5-7-15-25-37-30-20-22-31(23-21-30)38-27-29-18-12-9-13-19-29;/h8-13,16-23,32H,4-7,14-15,24-27H2,1-3H3;1H/t32-;/m0./s1. The molecule has 5 nitrogen and oxygen atoms in total. The van der Waals surface area contributed by atoms with E-state index in [1.165, 1.54) is 18.4 Å². The third-order valence-electron chi connectivity index (χ3n) is 6.72. The molecule has 0 aliphatic carbocycles. The van der Waals surface area contributed by atoms with E-state index in [9.17, 15) is 4.79 Å². The van der Waals surface area contributed by atoms with Crippen LogP contribution in [-0.4, -0.2) is 50.7 Å². The fraction of sp³-hybridized carbons (Fsp3) is 0.424. The van der Waals surface area contributed by atoms with Gasteiger partial charge in [0, 0.05) is 13.0 Å². The minimum Gasteiger partial charge on any atom is -1.00 e. The van der Waals surface area contributed by atoms with Crippen LogP contribution in [0.5, 0.6) is 11.5 Å². The van der Waals surface area contributed by atoms with E-state index in [1.807, 2.05) is 60.7 Å². The quantitative estimate of drug-likeness (QED) is 0.139. The van der Waals surface area contributed by atoms with Crippen molar-refractivity contribution in [1.82, 2.24) is 5.32 Å². The van der Waals surface area contributed by atoms with Crippen LogP contribution < -0.4 is 38.8 Å². The fourth-order valence-corrected chi connectivity index (χ4v) is 4.38. The van der Waals surface area contributed by atoms with Crippen LogP contribution in [0.15, 0.2) is 84.9 Å². The maximum absolute atomic E-state index is 12.9. The number of nitrogens with zero attached hydrogens (tertiary/aromatic N) is 1. The summed E-state index contributed by atoms with van der Waals surface area (Å²) in [4.78, 5) is 12.9. The van der Waals surface area contributed by atoms with Gasteiger partial charge < -0.3 is 43.3 Å². The highest BCUT2D eigenvalue weighted by molar-refractivity contribution is 5.81. The zero-order valence-electron chi connectivity index (χ0n) is 23.8. The van der Waals surface area contributed by atoms with E-state index in [0.29, 0.717) is 11.1 Å². The van der Waals surface area contributed by atoms with Gasteiger partial charge in [0.1, 0.15) is 18.1 Å². The van der Waals surface area contributed by atoms with Gasteiger partial charge in [0.25, 0.3) is 5.91 Å². The lowest BCUT2D eigenvalue weighted by atomic mass is 10.0. The first-order chi connectivity index (χ1) is 18.4. The molecular weight excluding hydrogens is 599 g/mol. The number of carbonyl (C=O) groups excluding carboxylic acids is 1. The molecule has 0 saturated carbocycles. The average molecular weight is 645 g/mol. The molecule has 3 aromatic rings. The van der Waals surface area contributed by atoms with E-state index in [1.54, 1.807) is 0 Å². The van der Waals surface area contributed by atoms with Crippen LogP contribution in [0.25, 0.3) is 0 Å². The Kier molecular flexibility index (Phi) is 15.0. The third kappa shape index (κ3) is 12.9. The summed E-state index contributed by atoms with van der Waals surface area (Å²) in [6.07, 6.45) is 7.50. The summed E-state index contributed by atoms with van der Waals surface area (Å²) in [5, 5.41) is 3.18. The second-order valence-corrected chi connectivity index (χ2v) is 10.8. The Hall–Kier alpha value is -2.58. The zero-order valence-corrected chi connectivity index (χ0v) is 25.9. The number of quaternary nitrogens is 1. The molecule has 0 bridgehead atoms. The lowest BCUT2D eigenvalue weighted by molar-refractivity contribution is -0.886. The van der Waals surface area contributed by atoms with Gasteiger partial charge in [-0.05, 0) is 48.2 Å². The molecule has 1 atom stereocenters. The molecular formula is C33H45IN2O3. The first-order valence-corrected chi connectivity index (χ1v) is 13.9. The van der Waals surface area contributed by atoms with E-state index in [0.717, 1.165) is 62.3 Å². The average Bonchev–Trinajstić information content (AvgIpc) is 2.92. The van der Waals surface area contributed by atoms with Crippen LogP contribution in [-0.2, 0) is 17.8 Å². The lowest BCUT2D eigenvalue weighted by Crippen LogP contribution is -3.00. The predicted octanol–water partition coefficient (Wildman–Crippen LogP) is 3.42. The minimum absolute atomic E-state index is 0. The monoisotopic (exact) mass is 644 g/mol. The van der Waals surface area contributed by atoms with E-state index < -0.39 is 0 Å². The van der Waals surface area contributed by atoms with Crippen LogP contribution in [0.1, 0.15) is 49.7 Å². The molecule has 1 amide bonds. The van der Waals surface area contributed by atoms with Gasteiger partial charge in [-0.1, -0.05) is 86.3 Å². The molecule has 0 heterocycles. The summed E-state index contributed by atoms with van der Waals surface area (Å²) in [5.41, 5.74) is 2.36. The largest absolute Gasteiger partial charge is 1.00 e. The smallest absolute Gasteiger partial charge is 0.278 e. The number of ether oxygens (including phenoxy) is 2. The molecule has 0 unspecified atom stereocenters. The van der Waals surface area contributed by atoms with Gasteiger partial charge in [-0.3, -0.25) is 4.79 Å². The molecule has 6 heteroatoms. The second-order valence-electron chi connectivity index (χ2n) is 10.8. The van der Waals surface area contributed by atoms with Crippen molar-refractivity contribution in [2.45, 2.75) is 57.6 Å². The molecule has 39 heavy (non-hydrogen) atoms. The number of carbonyl (C=O) groups is 1. The maximum Gasteiger partial charge on any atom is 0.278 e. The Morgan fingerprint density at radius 2 is 1.21 bits per heavy atom. The molecule has 0 aliphatic rings. The van der Waals surface area contributed by atoms with Gasteiger partial charge >= 0.3 is 0 Å². The van der Waals surface area contributed by atoms with Gasteiger partial charge in [-0.15, -0.1) is 0 Å². The zero-order chi connectivity index (χ0) is 27.1. The molecule has 212 valence electrons. The SMILES string of the molecule is C[N+](C)(C)[C@@H](Cc1ccccc1)C(=O)NCCCCCCCCOc1ccc(OCc2ccccc2)cc1.[I-]. The number of benzene rings is 3. The topological polar surface area (TPSA) is 47.6 Å². The molecule has 0 saturated heterocycles. The summed E-state index contributed by atoms with van der Waals surface area (Å²) in [5.74, 6) is 1.88. The molecule has 0 radical (unpaired) electrons. The number of nitrogens with one attached hydrogen (secondary N) is 1. The van der Waals surface area contributed by atoms with Crippen molar-refractivity contribution in [3.8, 4) is 11.5 Å². The van der Waals surface area contributed by atoms with Crippen molar-refractivity contribution >= 4 is 5.91 Å². The fourth-order valence-electron chi connectivity index (χ4n) is 4.38. The first-order valence-electron chi connectivity index (χ1n) is 13.9. The van der Waals surface area contributed by atoms with E-state index in [2.05, 4.69) is 50.7 Å². The predicted molar refractivity (Wildman–Crippen MR) is 155 cm³/mol. The first kappa shape index (κ1) is 32.6. The number of amides is 1. The molecule has 1 N–H and O–H groups in total. The highest BCUT2D eigenvalue weighted by Gasteiger charge is 2.31. The number of halogens is 1.